The Morgan fingerprint density at radius 1 is 1.26 bits per heavy atom. The maximum absolute atomic E-state index is 12.1. The molecule has 0 aromatic heterocycles. The average molecular weight is 340 g/mol. The molecule has 1 N–H and O–H groups in total. The standard InChI is InChI=1S/C18H29NO3S/c1-3-4-5-6-12-23(20,21)19-15(2)17-8-7-9-18(13-17)22-14-16-10-11-16/h7-9,13,15-16,19H,3-6,10-12,14H2,1-2H3/t15-/m1/s1. The lowest BCUT2D eigenvalue weighted by atomic mass is 10.1. The molecule has 1 aromatic carbocycles. The lowest BCUT2D eigenvalue weighted by Crippen LogP contribution is -2.29. The molecule has 1 aliphatic carbocycles. The van der Waals surface area contributed by atoms with E-state index in [-0.39, 0.29) is 11.8 Å². The molecule has 0 aliphatic heterocycles. The Hall–Kier alpha value is -1.07. The molecule has 23 heavy (non-hydrogen) atoms. The molecular weight excluding hydrogens is 310 g/mol. The van der Waals surface area contributed by atoms with E-state index in [1.165, 1.54) is 12.8 Å². The zero-order valence-electron chi connectivity index (χ0n) is 14.3. The van der Waals surface area contributed by atoms with Gasteiger partial charge in [0.25, 0.3) is 0 Å². The van der Waals surface area contributed by atoms with E-state index >= 15 is 0 Å². The monoisotopic (exact) mass is 339 g/mol. The smallest absolute Gasteiger partial charge is 0.212 e. The van der Waals surface area contributed by atoms with Gasteiger partial charge in [-0.05, 0) is 49.8 Å². The number of sulfonamides is 1. The molecule has 0 spiro atoms. The van der Waals surface area contributed by atoms with Gasteiger partial charge in [-0.3, -0.25) is 0 Å². The summed E-state index contributed by atoms with van der Waals surface area (Å²) in [5, 5.41) is 0. The van der Waals surface area contributed by atoms with Crippen LogP contribution in [0.15, 0.2) is 24.3 Å². The zero-order valence-corrected chi connectivity index (χ0v) is 15.1. The molecular formula is C18H29NO3S. The van der Waals surface area contributed by atoms with Crippen molar-refractivity contribution in [3.8, 4) is 5.75 Å². The van der Waals surface area contributed by atoms with E-state index in [9.17, 15) is 8.42 Å². The molecule has 0 unspecified atom stereocenters. The third kappa shape index (κ3) is 6.92. The summed E-state index contributed by atoms with van der Waals surface area (Å²) in [5.74, 6) is 1.73. The Morgan fingerprint density at radius 2 is 2.04 bits per heavy atom. The molecule has 1 aromatic rings. The van der Waals surface area contributed by atoms with Gasteiger partial charge < -0.3 is 4.74 Å². The Morgan fingerprint density at radius 3 is 2.74 bits per heavy atom. The Kier molecular flexibility index (Phi) is 6.90. The van der Waals surface area contributed by atoms with Crippen LogP contribution in [0.1, 0.15) is 64.0 Å². The summed E-state index contributed by atoms with van der Waals surface area (Å²) in [5.41, 5.74) is 0.940. The van der Waals surface area contributed by atoms with Crippen molar-refractivity contribution in [3.05, 3.63) is 29.8 Å². The number of rotatable bonds is 11. The lowest BCUT2D eigenvalue weighted by molar-refractivity contribution is 0.299. The Balaban J connectivity index is 1.85. The first kappa shape index (κ1) is 18.3. The SMILES string of the molecule is CCCCCCS(=O)(=O)N[C@H](C)c1cccc(OCC2CC2)c1. The van der Waals surface area contributed by atoms with Crippen molar-refractivity contribution >= 4 is 10.0 Å². The van der Waals surface area contributed by atoms with Crippen molar-refractivity contribution in [1.82, 2.24) is 4.72 Å². The predicted molar refractivity (Wildman–Crippen MR) is 94.1 cm³/mol. The number of benzene rings is 1. The van der Waals surface area contributed by atoms with Gasteiger partial charge >= 0.3 is 0 Å². The number of hydrogen-bond donors (Lipinski definition) is 1. The molecule has 1 fully saturated rings. The molecule has 0 saturated heterocycles. The molecule has 0 bridgehead atoms. The van der Waals surface area contributed by atoms with Crippen LogP contribution in [0.3, 0.4) is 0 Å². The van der Waals surface area contributed by atoms with E-state index in [2.05, 4.69) is 11.6 Å². The molecule has 0 heterocycles. The highest BCUT2D eigenvalue weighted by Gasteiger charge is 2.22. The predicted octanol–water partition coefficient (Wildman–Crippen LogP) is 4.04. The van der Waals surface area contributed by atoms with E-state index < -0.39 is 10.0 Å². The van der Waals surface area contributed by atoms with Gasteiger partial charge in [0.1, 0.15) is 5.75 Å². The summed E-state index contributed by atoms with van der Waals surface area (Å²) in [4.78, 5) is 0. The topological polar surface area (TPSA) is 55.4 Å². The van der Waals surface area contributed by atoms with Crippen LogP contribution in [-0.2, 0) is 10.0 Å². The van der Waals surface area contributed by atoms with Crippen molar-refractivity contribution in [2.45, 2.75) is 58.4 Å². The highest BCUT2D eigenvalue weighted by Crippen LogP contribution is 2.30. The summed E-state index contributed by atoms with van der Waals surface area (Å²) in [7, 11) is -3.23. The quantitative estimate of drug-likeness (QED) is 0.619. The lowest BCUT2D eigenvalue weighted by Gasteiger charge is -2.16. The minimum absolute atomic E-state index is 0.204. The molecule has 1 atom stereocenters. The van der Waals surface area contributed by atoms with Crippen molar-refractivity contribution in [3.63, 3.8) is 0 Å². The number of ether oxygens (including phenoxy) is 1. The van der Waals surface area contributed by atoms with E-state index in [4.69, 9.17) is 4.74 Å². The van der Waals surface area contributed by atoms with Crippen molar-refractivity contribution < 1.29 is 13.2 Å². The minimum Gasteiger partial charge on any atom is -0.493 e. The maximum Gasteiger partial charge on any atom is 0.212 e. The molecule has 0 amide bonds. The van der Waals surface area contributed by atoms with Gasteiger partial charge in [-0.15, -0.1) is 0 Å². The third-order valence-corrected chi connectivity index (χ3v) is 5.70. The molecule has 1 aliphatic rings. The number of hydrogen-bond acceptors (Lipinski definition) is 3. The molecule has 1 saturated carbocycles. The second kappa shape index (κ2) is 8.69. The Labute approximate surface area is 140 Å². The van der Waals surface area contributed by atoms with Crippen LogP contribution in [0.2, 0.25) is 0 Å². The van der Waals surface area contributed by atoms with Crippen molar-refractivity contribution in [2.24, 2.45) is 5.92 Å². The first-order valence-electron chi connectivity index (χ1n) is 8.73. The second-order valence-corrected chi connectivity index (χ2v) is 8.42. The van der Waals surface area contributed by atoms with E-state index in [0.29, 0.717) is 5.92 Å². The van der Waals surface area contributed by atoms with Crippen LogP contribution in [-0.4, -0.2) is 20.8 Å². The fourth-order valence-electron chi connectivity index (χ4n) is 2.49. The largest absolute Gasteiger partial charge is 0.493 e. The molecule has 130 valence electrons. The second-order valence-electron chi connectivity index (χ2n) is 6.55. The van der Waals surface area contributed by atoms with Gasteiger partial charge in [-0.2, -0.15) is 0 Å². The first-order valence-corrected chi connectivity index (χ1v) is 10.4. The van der Waals surface area contributed by atoms with Gasteiger partial charge in [0, 0.05) is 6.04 Å². The minimum atomic E-state index is -3.23. The zero-order chi connectivity index (χ0) is 16.7. The fourth-order valence-corrected chi connectivity index (χ4v) is 3.86. The maximum atomic E-state index is 12.1. The van der Waals surface area contributed by atoms with Gasteiger partial charge in [0.05, 0.1) is 12.4 Å². The summed E-state index contributed by atoms with van der Waals surface area (Å²) in [6.45, 7) is 4.76. The fraction of sp³-hybridized carbons (Fsp3) is 0.667. The van der Waals surface area contributed by atoms with E-state index in [1.807, 2.05) is 31.2 Å². The average Bonchev–Trinajstić information content (AvgIpc) is 3.34. The van der Waals surface area contributed by atoms with E-state index in [0.717, 1.165) is 43.6 Å². The summed E-state index contributed by atoms with van der Waals surface area (Å²) in [6, 6.07) is 7.48. The van der Waals surface area contributed by atoms with Crippen LogP contribution in [0.5, 0.6) is 5.75 Å². The number of unbranched alkanes of at least 4 members (excludes halogenated alkanes) is 3. The highest BCUT2D eigenvalue weighted by atomic mass is 32.2. The van der Waals surface area contributed by atoms with Crippen molar-refractivity contribution in [1.29, 1.82) is 0 Å². The van der Waals surface area contributed by atoms with Gasteiger partial charge in [-0.25, -0.2) is 13.1 Å². The van der Waals surface area contributed by atoms with Crippen LogP contribution < -0.4 is 9.46 Å². The van der Waals surface area contributed by atoms with Crippen LogP contribution in [0, 0.1) is 5.92 Å². The summed E-state index contributed by atoms with van der Waals surface area (Å²) >= 11 is 0. The van der Waals surface area contributed by atoms with Crippen molar-refractivity contribution in [2.75, 3.05) is 12.4 Å². The van der Waals surface area contributed by atoms with Crippen LogP contribution in [0.25, 0.3) is 0 Å². The molecule has 4 nitrogen and oxygen atoms in total. The highest BCUT2D eigenvalue weighted by molar-refractivity contribution is 7.89. The first-order chi connectivity index (χ1) is 11.0. The van der Waals surface area contributed by atoms with Gasteiger partial charge in [0.15, 0.2) is 0 Å². The molecule has 5 heteroatoms. The normalized spacial score (nSPS) is 16.3. The van der Waals surface area contributed by atoms with E-state index in [1.54, 1.807) is 0 Å². The summed E-state index contributed by atoms with van der Waals surface area (Å²) in [6.07, 6.45) is 6.40. The van der Waals surface area contributed by atoms with Crippen LogP contribution >= 0.6 is 0 Å². The molecule has 0 radical (unpaired) electrons. The number of nitrogens with one attached hydrogen (secondary N) is 1. The Bertz CT molecular complexity index is 582. The van der Waals surface area contributed by atoms with Crippen LogP contribution in [0.4, 0.5) is 0 Å². The van der Waals surface area contributed by atoms with Gasteiger partial charge in [0.2, 0.25) is 10.0 Å². The van der Waals surface area contributed by atoms with Gasteiger partial charge in [-0.1, -0.05) is 38.3 Å². The third-order valence-electron chi connectivity index (χ3n) is 4.16. The summed E-state index contributed by atoms with van der Waals surface area (Å²) < 4.78 is 32.8. The molecule has 2 rings (SSSR count).